The highest BCUT2D eigenvalue weighted by molar-refractivity contribution is 9.10. The van der Waals surface area contributed by atoms with Gasteiger partial charge in [0.15, 0.2) is 5.69 Å². The van der Waals surface area contributed by atoms with Gasteiger partial charge >= 0.3 is 0 Å². The molecule has 0 spiro atoms. The smallest absolute Gasteiger partial charge is 0.295 e. The van der Waals surface area contributed by atoms with Gasteiger partial charge in [0, 0.05) is 27.8 Å². The van der Waals surface area contributed by atoms with Crippen LogP contribution in [0.1, 0.15) is 15.9 Å². The molecule has 3 aromatic rings. The molecule has 2 heterocycles. The van der Waals surface area contributed by atoms with Gasteiger partial charge in [0.05, 0.1) is 5.52 Å². The van der Waals surface area contributed by atoms with E-state index in [4.69, 9.17) is 0 Å². The molecule has 0 radical (unpaired) electrons. The number of aromatic hydroxyl groups is 1. The molecule has 0 aliphatic rings. The molecule has 2 N–H and O–H groups in total. The van der Waals surface area contributed by atoms with Gasteiger partial charge in [-0.05, 0) is 36.8 Å². The van der Waals surface area contributed by atoms with E-state index >= 15 is 0 Å². The SMILES string of the molecule is Cc1cc2c(N=NC(=O)c3ccncc3)c(O)[nH]c2cc1Br. The number of hydrogen-bond donors (Lipinski definition) is 2. The summed E-state index contributed by atoms with van der Waals surface area (Å²) in [5, 5.41) is 18.2. The summed E-state index contributed by atoms with van der Waals surface area (Å²) >= 11 is 3.43. The van der Waals surface area contributed by atoms with Gasteiger partial charge in [0.25, 0.3) is 5.91 Å². The zero-order chi connectivity index (χ0) is 15.7. The lowest BCUT2D eigenvalue weighted by Crippen LogP contribution is -1.92. The van der Waals surface area contributed by atoms with Crippen molar-refractivity contribution in [1.29, 1.82) is 0 Å². The molecule has 22 heavy (non-hydrogen) atoms. The number of aryl methyl sites for hydroxylation is 1. The van der Waals surface area contributed by atoms with Crippen LogP contribution >= 0.6 is 15.9 Å². The second-order valence-corrected chi connectivity index (χ2v) is 5.56. The summed E-state index contributed by atoms with van der Waals surface area (Å²) in [6.07, 6.45) is 3.01. The standard InChI is InChI=1S/C15H11BrN4O2/c1-8-6-10-12(7-11(8)16)18-15(22)13(10)19-20-14(21)9-2-4-17-5-3-9/h2-7,18,22H,1H3. The number of benzene rings is 1. The Balaban J connectivity index is 2.00. The first-order valence-electron chi connectivity index (χ1n) is 6.43. The molecular formula is C15H11BrN4O2. The highest BCUT2D eigenvalue weighted by Crippen LogP contribution is 2.37. The average molecular weight is 359 g/mol. The molecule has 0 atom stereocenters. The van der Waals surface area contributed by atoms with E-state index in [1.54, 1.807) is 12.1 Å². The molecule has 0 aliphatic carbocycles. The number of H-pyrrole nitrogens is 1. The van der Waals surface area contributed by atoms with Crippen LogP contribution in [0.25, 0.3) is 10.9 Å². The first-order chi connectivity index (χ1) is 10.6. The number of nitrogens with one attached hydrogen (secondary N) is 1. The van der Waals surface area contributed by atoms with E-state index in [-0.39, 0.29) is 11.6 Å². The molecule has 0 saturated heterocycles. The van der Waals surface area contributed by atoms with Gasteiger partial charge in [-0.1, -0.05) is 15.9 Å². The molecule has 2 aromatic heterocycles. The zero-order valence-corrected chi connectivity index (χ0v) is 13.1. The summed E-state index contributed by atoms with van der Waals surface area (Å²) in [5.41, 5.74) is 2.33. The van der Waals surface area contributed by atoms with E-state index in [9.17, 15) is 9.90 Å². The Hall–Kier alpha value is -2.54. The van der Waals surface area contributed by atoms with E-state index in [1.807, 2.05) is 19.1 Å². The molecule has 1 amide bonds. The maximum Gasteiger partial charge on any atom is 0.295 e. The van der Waals surface area contributed by atoms with E-state index in [2.05, 4.69) is 36.1 Å². The van der Waals surface area contributed by atoms with Crippen LogP contribution in [0.2, 0.25) is 0 Å². The third-order valence-electron chi connectivity index (χ3n) is 3.20. The van der Waals surface area contributed by atoms with Gasteiger partial charge in [-0.25, -0.2) is 0 Å². The number of carbonyl (C=O) groups is 1. The first-order valence-corrected chi connectivity index (χ1v) is 7.22. The van der Waals surface area contributed by atoms with Crippen LogP contribution in [-0.4, -0.2) is 21.0 Å². The van der Waals surface area contributed by atoms with Crippen LogP contribution in [0.15, 0.2) is 51.4 Å². The number of rotatable bonds is 2. The lowest BCUT2D eigenvalue weighted by atomic mass is 10.1. The second-order valence-electron chi connectivity index (χ2n) is 4.71. The molecule has 0 bridgehead atoms. The highest BCUT2D eigenvalue weighted by atomic mass is 79.9. The Morgan fingerprint density at radius 1 is 1.32 bits per heavy atom. The van der Waals surface area contributed by atoms with Crippen molar-refractivity contribution in [2.75, 3.05) is 0 Å². The third kappa shape index (κ3) is 2.62. The van der Waals surface area contributed by atoms with Crippen molar-refractivity contribution in [3.63, 3.8) is 0 Å². The minimum atomic E-state index is -0.495. The summed E-state index contributed by atoms with van der Waals surface area (Å²) in [6, 6.07) is 6.81. The van der Waals surface area contributed by atoms with Crippen LogP contribution in [0.5, 0.6) is 5.88 Å². The fraction of sp³-hybridized carbons (Fsp3) is 0.0667. The maximum atomic E-state index is 11.9. The molecule has 110 valence electrons. The summed E-state index contributed by atoms with van der Waals surface area (Å²) < 4.78 is 0.914. The van der Waals surface area contributed by atoms with Gasteiger partial charge in [-0.2, -0.15) is 0 Å². The average Bonchev–Trinajstić information content (AvgIpc) is 2.81. The zero-order valence-electron chi connectivity index (χ0n) is 11.5. The number of amides is 1. The van der Waals surface area contributed by atoms with Crippen molar-refractivity contribution in [1.82, 2.24) is 9.97 Å². The topological polar surface area (TPSA) is 90.7 Å². The van der Waals surface area contributed by atoms with E-state index in [0.29, 0.717) is 16.5 Å². The number of aromatic amines is 1. The first kappa shape index (κ1) is 14.4. The minimum absolute atomic E-state index is 0.126. The molecule has 3 rings (SSSR count). The summed E-state index contributed by atoms with van der Waals surface area (Å²) in [4.78, 5) is 18.6. The third-order valence-corrected chi connectivity index (χ3v) is 4.05. The lowest BCUT2D eigenvalue weighted by molar-refractivity contribution is 0.0995. The Morgan fingerprint density at radius 2 is 2.05 bits per heavy atom. The number of carbonyl (C=O) groups excluding carboxylic acids is 1. The van der Waals surface area contributed by atoms with Gasteiger partial charge in [0.1, 0.15) is 0 Å². The van der Waals surface area contributed by atoms with Crippen LogP contribution in [0.3, 0.4) is 0 Å². The van der Waals surface area contributed by atoms with Gasteiger partial charge in [-0.15, -0.1) is 10.2 Å². The molecular weight excluding hydrogens is 348 g/mol. The van der Waals surface area contributed by atoms with Gasteiger partial charge < -0.3 is 10.1 Å². The van der Waals surface area contributed by atoms with E-state index in [1.165, 1.54) is 12.4 Å². The largest absolute Gasteiger partial charge is 0.493 e. The molecule has 6 nitrogen and oxygen atoms in total. The second kappa shape index (κ2) is 5.69. The molecule has 0 unspecified atom stereocenters. The number of halogens is 1. The summed E-state index contributed by atoms with van der Waals surface area (Å²) in [6.45, 7) is 1.93. The van der Waals surface area contributed by atoms with Gasteiger partial charge in [0.2, 0.25) is 5.88 Å². The van der Waals surface area contributed by atoms with Crippen LogP contribution in [0.4, 0.5) is 5.69 Å². The van der Waals surface area contributed by atoms with Crippen LogP contribution in [-0.2, 0) is 0 Å². The van der Waals surface area contributed by atoms with Gasteiger partial charge in [-0.3, -0.25) is 9.78 Å². The Labute approximate surface area is 134 Å². The molecule has 7 heteroatoms. The number of aromatic nitrogens is 2. The Morgan fingerprint density at radius 3 is 2.77 bits per heavy atom. The fourth-order valence-corrected chi connectivity index (χ4v) is 2.39. The molecule has 1 aromatic carbocycles. The number of nitrogens with zero attached hydrogens (tertiary/aromatic N) is 3. The number of hydrogen-bond acceptors (Lipinski definition) is 4. The Kier molecular flexibility index (Phi) is 3.72. The van der Waals surface area contributed by atoms with Crippen molar-refractivity contribution in [2.45, 2.75) is 6.92 Å². The minimum Gasteiger partial charge on any atom is -0.493 e. The highest BCUT2D eigenvalue weighted by Gasteiger charge is 2.13. The molecule has 0 saturated carbocycles. The van der Waals surface area contributed by atoms with Crippen molar-refractivity contribution in [3.8, 4) is 5.88 Å². The number of fused-ring (bicyclic) bond motifs is 1. The van der Waals surface area contributed by atoms with Crippen molar-refractivity contribution >= 4 is 38.4 Å². The molecule has 0 fully saturated rings. The summed E-state index contributed by atoms with van der Waals surface area (Å²) in [5.74, 6) is -0.622. The predicted molar refractivity (Wildman–Crippen MR) is 85.5 cm³/mol. The van der Waals surface area contributed by atoms with Crippen LogP contribution in [0, 0.1) is 6.92 Å². The van der Waals surface area contributed by atoms with Crippen LogP contribution < -0.4 is 0 Å². The van der Waals surface area contributed by atoms with Crippen molar-refractivity contribution in [2.24, 2.45) is 10.2 Å². The lowest BCUT2D eigenvalue weighted by Gasteiger charge is -1.98. The fourth-order valence-electron chi connectivity index (χ4n) is 2.04. The number of pyridine rings is 1. The summed E-state index contributed by atoms with van der Waals surface area (Å²) in [7, 11) is 0. The predicted octanol–water partition coefficient (Wildman–Crippen LogP) is 4.26. The number of azo groups is 1. The molecule has 0 aliphatic heterocycles. The monoisotopic (exact) mass is 358 g/mol. The normalized spacial score (nSPS) is 11.4. The Bertz CT molecular complexity index is 887. The van der Waals surface area contributed by atoms with Crippen molar-refractivity contribution < 1.29 is 9.90 Å². The van der Waals surface area contributed by atoms with E-state index in [0.717, 1.165) is 10.0 Å². The maximum absolute atomic E-state index is 11.9. The van der Waals surface area contributed by atoms with Crippen molar-refractivity contribution in [3.05, 3.63) is 52.3 Å². The van der Waals surface area contributed by atoms with E-state index < -0.39 is 5.91 Å². The quantitative estimate of drug-likeness (QED) is 0.670.